The van der Waals surface area contributed by atoms with Crippen LogP contribution in [0, 0.1) is 11.3 Å². The Kier molecular flexibility index (Phi) is 5.11. The number of hydrogen-bond acceptors (Lipinski definition) is 2. The van der Waals surface area contributed by atoms with Crippen molar-refractivity contribution >= 4 is 29.0 Å². The zero-order valence-electron chi connectivity index (χ0n) is 12.0. The van der Waals surface area contributed by atoms with Crippen molar-refractivity contribution in [2.75, 3.05) is 13.1 Å². The van der Waals surface area contributed by atoms with E-state index in [4.69, 9.17) is 23.2 Å². The maximum atomic E-state index is 12.7. The van der Waals surface area contributed by atoms with Crippen LogP contribution >= 0.6 is 23.2 Å². The van der Waals surface area contributed by atoms with Gasteiger partial charge in [-0.25, -0.2) is 0 Å². The molecule has 2 rings (SSSR count). The molecule has 0 amide bonds. The van der Waals surface area contributed by atoms with Crippen molar-refractivity contribution in [1.82, 2.24) is 5.32 Å². The number of hydrogen-bond donors (Lipinski definition) is 1. The molecule has 4 heteroatoms. The third-order valence-electron chi connectivity index (χ3n) is 4.42. The van der Waals surface area contributed by atoms with Crippen LogP contribution in [0.15, 0.2) is 18.2 Å². The second-order valence-electron chi connectivity index (χ2n) is 6.08. The molecule has 0 radical (unpaired) electrons. The van der Waals surface area contributed by atoms with E-state index in [0.717, 1.165) is 31.5 Å². The molecule has 1 heterocycles. The molecule has 0 spiro atoms. The van der Waals surface area contributed by atoms with Crippen molar-refractivity contribution in [2.45, 2.75) is 33.1 Å². The van der Waals surface area contributed by atoms with Gasteiger partial charge in [0.25, 0.3) is 0 Å². The Morgan fingerprint density at radius 1 is 1.40 bits per heavy atom. The van der Waals surface area contributed by atoms with E-state index in [9.17, 15) is 4.79 Å². The lowest BCUT2D eigenvalue weighted by Gasteiger charge is -2.36. The summed E-state index contributed by atoms with van der Waals surface area (Å²) in [5, 5.41) is 4.39. The van der Waals surface area contributed by atoms with E-state index in [1.165, 1.54) is 0 Å². The molecule has 20 heavy (non-hydrogen) atoms. The Morgan fingerprint density at radius 3 is 2.80 bits per heavy atom. The first-order chi connectivity index (χ1) is 9.43. The first-order valence-electron chi connectivity index (χ1n) is 7.10. The number of nitrogens with one attached hydrogen (secondary N) is 1. The largest absolute Gasteiger partial charge is 0.316 e. The number of carbonyl (C=O) groups excluding carboxylic acids is 1. The van der Waals surface area contributed by atoms with Gasteiger partial charge in [0.05, 0.1) is 10.0 Å². The fourth-order valence-electron chi connectivity index (χ4n) is 2.78. The minimum absolute atomic E-state index is 0.232. The molecular weight excluding hydrogens is 293 g/mol. The van der Waals surface area contributed by atoms with Crippen LogP contribution in [-0.2, 0) is 11.2 Å². The predicted octanol–water partition coefficient (Wildman–Crippen LogP) is 4.13. The van der Waals surface area contributed by atoms with E-state index in [2.05, 4.69) is 5.32 Å². The monoisotopic (exact) mass is 313 g/mol. The molecule has 1 aromatic rings. The van der Waals surface area contributed by atoms with Gasteiger partial charge in [0.1, 0.15) is 5.78 Å². The van der Waals surface area contributed by atoms with Crippen LogP contribution in [0.25, 0.3) is 0 Å². The number of ketones is 1. The Labute approximate surface area is 130 Å². The zero-order chi connectivity index (χ0) is 14.8. The lowest BCUT2D eigenvalue weighted by Crippen LogP contribution is -2.43. The fraction of sp³-hybridized carbons (Fsp3) is 0.562. The lowest BCUT2D eigenvalue weighted by atomic mass is 9.71. The van der Waals surface area contributed by atoms with E-state index >= 15 is 0 Å². The molecule has 0 bridgehead atoms. The smallest absolute Gasteiger partial charge is 0.143 e. The van der Waals surface area contributed by atoms with Crippen LogP contribution in [-0.4, -0.2) is 18.9 Å². The molecule has 1 unspecified atom stereocenters. The number of Topliss-reactive ketones (excluding diaryl/α,β-unsaturated/α-hetero) is 1. The van der Waals surface area contributed by atoms with Gasteiger partial charge in [0, 0.05) is 11.8 Å². The minimum atomic E-state index is -0.334. The third-order valence-corrected chi connectivity index (χ3v) is 5.28. The topological polar surface area (TPSA) is 29.1 Å². The second kappa shape index (κ2) is 6.46. The van der Waals surface area contributed by atoms with Crippen LogP contribution < -0.4 is 5.32 Å². The van der Waals surface area contributed by atoms with Crippen molar-refractivity contribution in [1.29, 1.82) is 0 Å². The summed E-state index contributed by atoms with van der Waals surface area (Å²) >= 11 is 12.2. The molecule has 1 aromatic carbocycles. The highest BCUT2D eigenvalue weighted by Crippen LogP contribution is 2.35. The Hall–Kier alpha value is -0.570. The molecule has 0 aromatic heterocycles. The summed E-state index contributed by atoms with van der Waals surface area (Å²) in [7, 11) is 0. The molecule has 0 saturated carbocycles. The fourth-order valence-corrected chi connectivity index (χ4v) is 3.17. The summed E-state index contributed by atoms with van der Waals surface area (Å²) in [5.41, 5.74) is 0.486. The highest BCUT2D eigenvalue weighted by atomic mass is 35.5. The van der Waals surface area contributed by atoms with Crippen molar-refractivity contribution in [3.63, 3.8) is 0 Å². The third kappa shape index (κ3) is 3.36. The summed E-state index contributed by atoms with van der Waals surface area (Å²) in [6, 6.07) is 5.46. The first-order valence-corrected chi connectivity index (χ1v) is 7.85. The first kappa shape index (κ1) is 15.8. The molecular formula is C16H21Cl2NO. The van der Waals surface area contributed by atoms with Crippen molar-refractivity contribution in [3.05, 3.63) is 33.8 Å². The number of piperidine rings is 1. The summed E-state index contributed by atoms with van der Waals surface area (Å²) in [5.74, 6) is 0.622. The SMILES string of the molecule is CC(C)(C(=O)Cc1cccc(Cl)c1Cl)C1CCCNC1. The van der Waals surface area contributed by atoms with E-state index in [0.29, 0.717) is 22.4 Å². The van der Waals surface area contributed by atoms with Crippen LogP contribution in [0.2, 0.25) is 10.0 Å². The molecule has 1 atom stereocenters. The summed E-state index contributed by atoms with van der Waals surface area (Å²) in [6.45, 7) is 6.07. The summed E-state index contributed by atoms with van der Waals surface area (Å²) in [6.07, 6.45) is 2.59. The van der Waals surface area contributed by atoms with Crippen LogP contribution in [0.5, 0.6) is 0 Å². The number of halogens is 2. The standard InChI is InChI=1S/C16H21Cl2NO/c1-16(2,12-6-4-8-19-10-12)14(20)9-11-5-3-7-13(17)15(11)18/h3,5,7,12,19H,4,6,8-10H2,1-2H3. The van der Waals surface area contributed by atoms with Gasteiger partial charge in [-0.15, -0.1) is 0 Å². The number of benzene rings is 1. The van der Waals surface area contributed by atoms with Gasteiger partial charge in [-0.05, 0) is 43.5 Å². The summed E-state index contributed by atoms with van der Waals surface area (Å²) in [4.78, 5) is 12.7. The second-order valence-corrected chi connectivity index (χ2v) is 6.86. The molecule has 1 N–H and O–H groups in total. The maximum Gasteiger partial charge on any atom is 0.143 e. The van der Waals surface area contributed by atoms with Gasteiger partial charge in [-0.3, -0.25) is 4.79 Å². The molecule has 1 aliphatic rings. The van der Waals surface area contributed by atoms with Crippen LogP contribution in [0.4, 0.5) is 0 Å². The lowest BCUT2D eigenvalue weighted by molar-refractivity contribution is -0.129. The van der Waals surface area contributed by atoms with Gasteiger partial charge in [-0.1, -0.05) is 49.2 Å². The number of rotatable bonds is 4. The Bertz CT molecular complexity index is 493. The maximum absolute atomic E-state index is 12.7. The molecule has 0 aliphatic carbocycles. The summed E-state index contributed by atoms with van der Waals surface area (Å²) < 4.78 is 0. The molecule has 2 nitrogen and oxygen atoms in total. The normalized spacial score (nSPS) is 19.9. The quantitative estimate of drug-likeness (QED) is 0.905. The van der Waals surface area contributed by atoms with E-state index in [1.807, 2.05) is 26.0 Å². The van der Waals surface area contributed by atoms with Crippen molar-refractivity contribution in [2.24, 2.45) is 11.3 Å². The average molecular weight is 314 g/mol. The van der Waals surface area contributed by atoms with Gasteiger partial charge < -0.3 is 5.32 Å². The van der Waals surface area contributed by atoms with Crippen molar-refractivity contribution in [3.8, 4) is 0 Å². The minimum Gasteiger partial charge on any atom is -0.316 e. The highest BCUT2D eigenvalue weighted by molar-refractivity contribution is 6.42. The van der Waals surface area contributed by atoms with Gasteiger partial charge in [0.2, 0.25) is 0 Å². The van der Waals surface area contributed by atoms with Gasteiger partial charge in [-0.2, -0.15) is 0 Å². The van der Waals surface area contributed by atoms with Gasteiger partial charge in [0.15, 0.2) is 0 Å². The average Bonchev–Trinajstić information content (AvgIpc) is 2.44. The predicted molar refractivity (Wildman–Crippen MR) is 84.5 cm³/mol. The zero-order valence-corrected chi connectivity index (χ0v) is 13.5. The Balaban J connectivity index is 2.12. The number of carbonyl (C=O) groups is 1. The van der Waals surface area contributed by atoms with Crippen LogP contribution in [0.1, 0.15) is 32.3 Å². The Morgan fingerprint density at radius 2 is 2.15 bits per heavy atom. The molecule has 110 valence electrons. The molecule has 1 fully saturated rings. The van der Waals surface area contributed by atoms with Crippen molar-refractivity contribution < 1.29 is 4.79 Å². The van der Waals surface area contributed by atoms with Crippen LogP contribution in [0.3, 0.4) is 0 Å². The molecule has 1 aliphatic heterocycles. The van der Waals surface area contributed by atoms with E-state index < -0.39 is 0 Å². The van der Waals surface area contributed by atoms with Gasteiger partial charge >= 0.3 is 0 Å². The molecule has 1 saturated heterocycles. The van der Waals surface area contributed by atoms with E-state index in [-0.39, 0.29) is 11.2 Å². The highest BCUT2D eigenvalue weighted by Gasteiger charge is 2.36. The van der Waals surface area contributed by atoms with E-state index in [1.54, 1.807) is 6.07 Å².